The van der Waals surface area contributed by atoms with Gasteiger partial charge >= 0.3 is 5.97 Å². The Bertz CT molecular complexity index is 536. The Morgan fingerprint density at radius 3 is 2.32 bits per heavy atom. The van der Waals surface area contributed by atoms with E-state index in [0.29, 0.717) is 0 Å². The van der Waals surface area contributed by atoms with Gasteiger partial charge in [-0.25, -0.2) is 13.2 Å². The van der Waals surface area contributed by atoms with Gasteiger partial charge in [-0.2, -0.15) is 4.72 Å². The molecular weight excluding hydrogens is 278 g/mol. The molecule has 0 bridgehead atoms. The number of furan rings is 1. The number of sulfonamides is 1. The van der Waals surface area contributed by atoms with Gasteiger partial charge in [0.05, 0.1) is 18.8 Å². The van der Waals surface area contributed by atoms with E-state index in [9.17, 15) is 13.2 Å². The highest BCUT2D eigenvalue weighted by Crippen LogP contribution is 2.18. The third kappa shape index (κ3) is 3.32. The number of aliphatic hydroxyl groups is 2. The summed E-state index contributed by atoms with van der Waals surface area (Å²) in [5.41, 5.74) is -1.42. The van der Waals surface area contributed by atoms with Gasteiger partial charge in [0, 0.05) is 0 Å². The Balaban J connectivity index is 3.06. The minimum Gasteiger partial charge on any atom is -0.475 e. The molecule has 0 atom stereocenters. The maximum Gasteiger partial charge on any atom is 0.371 e. The van der Waals surface area contributed by atoms with Crippen LogP contribution in [-0.4, -0.2) is 48.5 Å². The highest BCUT2D eigenvalue weighted by Gasteiger charge is 2.34. The zero-order chi connectivity index (χ0) is 14.7. The fourth-order valence-corrected chi connectivity index (χ4v) is 2.72. The van der Waals surface area contributed by atoms with Gasteiger partial charge < -0.3 is 19.7 Å². The van der Waals surface area contributed by atoms with Crippen LogP contribution in [0.1, 0.15) is 23.9 Å². The van der Waals surface area contributed by atoms with Gasteiger partial charge in [-0.3, -0.25) is 0 Å². The summed E-state index contributed by atoms with van der Waals surface area (Å²) in [7, 11) is -4.17. The average molecular weight is 293 g/mol. The first kappa shape index (κ1) is 15.6. The van der Waals surface area contributed by atoms with Crippen LogP contribution in [0.4, 0.5) is 0 Å². The minimum atomic E-state index is -4.17. The van der Waals surface area contributed by atoms with Crippen molar-refractivity contribution in [2.75, 3.05) is 13.2 Å². The smallest absolute Gasteiger partial charge is 0.371 e. The quantitative estimate of drug-likeness (QED) is 0.526. The molecule has 108 valence electrons. The number of nitrogens with one attached hydrogen (secondary N) is 1. The summed E-state index contributed by atoms with van der Waals surface area (Å²) in [6.07, 6.45) is 0.145. The monoisotopic (exact) mass is 293 g/mol. The number of rotatable bonds is 7. The van der Waals surface area contributed by atoms with E-state index in [1.807, 2.05) is 0 Å². The van der Waals surface area contributed by atoms with E-state index >= 15 is 0 Å². The molecule has 19 heavy (non-hydrogen) atoms. The largest absolute Gasteiger partial charge is 0.475 e. The van der Waals surface area contributed by atoms with Gasteiger partial charge in [-0.1, -0.05) is 6.92 Å². The lowest BCUT2D eigenvalue weighted by Gasteiger charge is -2.28. The third-order valence-corrected chi connectivity index (χ3v) is 4.14. The Morgan fingerprint density at radius 2 is 1.95 bits per heavy atom. The van der Waals surface area contributed by atoms with E-state index in [-0.39, 0.29) is 6.42 Å². The van der Waals surface area contributed by atoms with Crippen molar-refractivity contribution in [2.24, 2.45) is 0 Å². The van der Waals surface area contributed by atoms with E-state index < -0.39 is 45.6 Å². The molecule has 0 aliphatic carbocycles. The second kappa shape index (κ2) is 5.70. The number of carboxylic acids is 1. The van der Waals surface area contributed by atoms with Gasteiger partial charge in [-0.15, -0.1) is 0 Å². The first-order chi connectivity index (χ1) is 8.80. The summed E-state index contributed by atoms with van der Waals surface area (Å²) < 4.78 is 30.7. The molecule has 4 N–H and O–H groups in total. The second-order valence-electron chi connectivity index (χ2n) is 3.98. The van der Waals surface area contributed by atoms with E-state index in [4.69, 9.17) is 15.3 Å². The number of aromatic carboxylic acids is 1. The molecular formula is C10H15NO7S. The van der Waals surface area contributed by atoms with E-state index in [1.165, 1.54) is 0 Å². The normalized spacial score (nSPS) is 12.6. The van der Waals surface area contributed by atoms with Gasteiger partial charge in [-0.05, 0) is 18.6 Å². The Hall–Kier alpha value is -1.42. The van der Waals surface area contributed by atoms with Crippen molar-refractivity contribution in [2.45, 2.75) is 24.0 Å². The van der Waals surface area contributed by atoms with Crippen molar-refractivity contribution >= 4 is 16.0 Å². The second-order valence-corrected chi connectivity index (χ2v) is 5.59. The third-order valence-electron chi connectivity index (χ3n) is 2.69. The van der Waals surface area contributed by atoms with Crippen molar-refractivity contribution in [3.63, 3.8) is 0 Å². The summed E-state index contributed by atoms with van der Waals surface area (Å²) >= 11 is 0. The zero-order valence-electron chi connectivity index (χ0n) is 10.2. The van der Waals surface area contributed by atoms with Crippen molar-refractivity contribution < 1.29 is 32.9 Å². The average Bonchev–Trinajstić information content (AvgIpc) is 2.86. The fourth-order valence-electron chi connectivity index (χ4n) is 1.33. The predicted molar refractivity (Wildman–Crippen MR) is 63.2 cm³/mol. The molecule has 0 saturated carbocycles. The van der Waals surface area contributed by atoms with E-state index in [0.717, 1.165) is 12.1 Å². The molecule has 0 fully saturated rings. The van der Waals surface area contributed by atoms with Crippen molar-refractivity contribution in [1.82, 2.24) is 4.72 Å². The molecule has 0 spiro atoms. The number of hydrogen-bond acceptors (Lipinski definition) is 6. The molecule has 0 saturated heterocycles. The maximum atomic E-state index is 11.9. The van der Waals surface area contributed by atoms with Crippen LogP contribution >= 0.6 is 0 Å². The summed E-state index contributed by atoms with van der Waals surface area (Å²) in [6.45, 7) is 0.372. The summed E-state index contributed by atoms with van der Waals surface area (Å²) in [6, 6.07) is 1.99. The molecule has 9 heteroatoms. The number of aliphatic hydroxyl groups excluding tert-OH is 2. The van der Waals surface area contributed by atoms with Crippen LogP contribution in [0.3, 0.4) is 0 Å². The summed E-state index contributed by atoms with van der Waals surface area (Å²) in [5.74, 6) is -1.91. The van der Waals surface area contributed by atoms with Crippen LogP contribution in [0.25, 0.3) is 0 Å². The molecule has 0 unspecified atom stereocenters. The van der Waals surface area contributed by atoms with Gasteiger partial charge in [0.2, 0.25) is 10.9 Å². The SMILES string of the molecule is CCC(CO)(CO)NS(=O)(=O)c1ccc(C(=O)O)o1. The lowest BCUT2D eigenvalue weighted by atomic mass is 10.0. The molecule has 1 heterocycles. The van der Waals surface area contributed by atoms with Crippen LogP contribution in [0.5, 0.6) is 0 Å². The zero-order valence-corrected chi connectivity index (χ0v) is 11.0. The molecule has 0 aliphatic heterocycles. The van der Waals surface area contributed by atoms with E-state index in [1.54, 1.807) is 6.92 Å². The molecule has 1 aromatic heterocycles. The minimum absolute atomic E-state index is 0.145. The number of hydrogen-bond donors (Lipinski definition) is 4. The van der Waals surface area contributed by atoms with Crippen LogP contribution in [0, 0.1) is 0 Å². The highest BCUT2D eigenvalue weighted by molar-refractivity contribution is 7.89. The Kier molecular flexibility index (Phi) is 4.69. The highest BCUT2D eigenvalue weighted by atomic mass is 32.2. The van der Waals surface area contributed by atoms with Gasteiger partial charge in [0.15, 0.2) is 0 Å². The molecule has 1 aromatic rings. The van der Waals surface area contributed by atoms with Crippen LogP contribution in [0.15, 0.2) is 21.6 Å². The van der Waals surface area contributed by atoms with Crippen LogP contribution in [0.2, 0.25) is 0 Å². The first-order valence-electron chi connectivity index (χ1n) is 5.39. The van der Waals surface area contributed by atoms with Crippen LogP contribution < -0.4 is 4.72 Å². The molecule has 8 nitrogen and oxygen atoms in total. The number of carboxylic acid groups (broad SMARTS) is 1. The fraction of sp³-hybridized carbons (Fsp3) is 0.500. The molecule has 1 rings (SSSR count). The molecule has 0 amide bonds. The van der Waals surface area contributed by atoms with Crippen molar-refractivity contribution in [1.29, 1.82) is 0 Å². The topological polar surface area (TPSA) is 137 Å². The standard InChI is InChI=1S/C10H15NO7S/c1-2-10(5-12,6-13)11-19(16,17)8-4-3-7(18-8)9(14)15/h3-4,11-13H,2,5-6H2,1H3,(H,14,15). The van der Waals surface area contributed by atoms with Gasteiger partial charge in [0.25, 0.3) is 10.0 Å². The predicted octanol–water partition coefficient (Wildman–Crippen LogP) is -0.611. The number of carbonyl (C=O) groups is 1. The van der Waals surface area contributed by atoms with Gasteiger partial charge in [0.1, 0.15) is 0 Å². The maximum absolute atomic E-state index is 11.9. The van der Waals surface area contributed by atoms with Crippen LogP contribution in [-0.2, 0) is 10.0 Å². The molecule has 0 aromatic carbocycles. The van der Waals surface area contributed by atoms with Crippen molar-refractivity contribution in [3.05, 3.63) is 17.9 Å². The first-order valence-corrected chi connectivity index (χ1v) is 6.87. The molecule has 0 radical (unpaired) electrons. The van der Waals surface area contributed by atoms with Crippen molar-refractivity contribution in [3.8, 4) is 0 Å². The van der Waals surface area contributed by atoms with E-state index in [2.05, 4.69) is 9.14 Å². The Labute approximate surface area is 109 Å². The summed E-state index contributed by atoms with van der Waals surface area (Å²) in [5, 5.41) is 26.4. The lowest BCUT2D eigenvalue weighted by molar-refractivity contribution is 0.0655. The lowest BCUT2D eigenvalue weighted by Crippen LogP contribution is -2.53. The summed E-state index contributed by atoms with van der Waals surface area (Å²) in [4.78, 5) is 10.6. The molecule has 0 aliphatic rings. The Morgan fingerprint density at radius 1 is 1.37 bits per heavy atom.